The van der Waals surface area contributed by atoms with E-state index in [0.29, 0.717) is 16.7 Å². The van der Waals surface area contributed by atoms with Crippen LogP contribution in [-0.2, 0) is 4.74 Å². The van der Waals surface area contributed by atoms with Crippen molar-refractivity contribution in [1.82, 2.24) is 19.5 Å². The zero-order valence-electron chi connectivity index (χ0n) is 14.1. The summed E-state index contributed by atoms with van der Waals surface area (Å²) < 4.78 is 7.10. The third kappa shape index (κ3) is 3.69. The van der Waals surface area contributed by atoms with Crippen LogP contribution in [0.15, 0.2) is 43.0 Å². The summed E-state index contributed by atoms with van der Waals surface area (Å²) in [6.45, 7) is 1.17. The molecule has 3 N–H and O–H groups in total. The lowest BCUT2D eigenvalue weighted by Gasteiger charge is -2.20. The van der Waals surface area contributed by atoms with Crippen LogP contribution in [-0.4, -0.2) is 55.0 Å². The highest BCUT2D eigenvalue weighted by molar-refractivity contribution is 6.06. The van der Waals surface area contributed by atoms with Crippen LogP contribution >= 0.6 is 0 Å². The Morgan fingerprint density at radius 1 is 1.19 bits per heavy atom. The van der Waals surface area contributed by atoms with Crippen LogP contribution in [0.25, 0.3) is 11.2 Å². The molecule has 0 aliphatic rings. The molecular formula is C17H19N5O4. The maximum atomic E-state index is 12.3. The van der Waals surface area contributed by atoms with E-state index < -0.39 is 12.3 Å². The SMILES string of the molecule is C[C@H](CO)O[C@H](CO)n1cnc2c(NC(=O)c3ccccc3)ncnc21. The van der Waals surface area contributed by atoms with Crippen molar-refractivity contribution >= 4 is 22.9 Å². The zero-order valence-corrected chi connectivity index (χ0v) is 14.1. The summed E-state index contributed by atoms with van der Waals surface area (Å²) in [4.78, 5) is 24.8. The number of anilines is 1. The number of imidazole rings is 1. The number of aromatic nitrogens is 4. The van der Waals surface area contributed by atoms with Gasteiger partial charge in [-0.25, -0.2) is 15.0 Å². The van der Waals surface area contributed by atoms with Crippen LogP contribution in [0, 0.1) is 0 Å². The van der Waals surface area contributed by atoms with E-state index in [2.05, 4.69) is 20.3 Å². The van der Waals surface area contributed by atoms with Gasteiger partial charge in [0.2, 0.25) is 0 Å². The van der Waals surface area contributed by atoms with E-state index in [4.69, 9.17) is 9.84 Å². The van der Waals surface area contributed by atoms with Crippen LogP contribution < -0.4 is 5.32 Å². The molecule has 2 aromatic heterocycles. The summed E-state index contributed by atoms with van der Waals surface area (Å²) in [7, 11) is 0. The van der Waals surface area contributed by atoms with E-state index in [-0.39, 0.29) is 24.9 Å². The smallest absolute Gasteiger partial charge is 0.256 e. The minimum atomic E-state index is -0.769. The van der Waals surface area contributed by atoms with Crippen molar-refractivity contribution in [2.24, 2.45) is 0 Å². The number of nitrogens with one attached hydrogen (secondary N) is 1. The Bertz CT molecular complexity index is 883. The number of hydrogen-bond acceptors (Lipinski definition) is 7. The van der Waals surface area contributed by atoms with Gasteiger partial charge in [-0.3, -0.25) is 9.36 Å². The van der Waals surface area contributed by atoms with Crippen LogP contribution in [0.3, 0.4) is 0 Å². The number of hydrogen-bond donors (Lipinski definition) is 3. The second-order valence-corrected chi connectivity index (χ2v) is 5.63. The average molecular weight is 357 g/mol. The second kappa shape index (κ2) is 8.00. The van der Waals surface area contributed by atoms with E-state index in [1.165, 1.54) is 17.2 Å². The van der Waals surface area contributed by atoms with Gasteiger partial charge in [0.15, 0.2) is 23.2 Å². The predicted molar refractivity (Wildman–Crippen MR) is 93.5 cm³/mol. The highest BCUT2D eigenvalue weighted by atomic mass is 16.5. The number of carbonyl (C=O) groups is 1. The number of aliphatic hydroxyl groups excluding tert-OH is 2. The van der Waals surface area contributed by atoms with Gasteiger partial charge in [-0.15, -0.1) is 0 Å². The summed E-state index contributed by atoms with van der Waals surface area (Å²) in [5.74, 6) is -0.0569. The number of rotatable bonds is 7. The van der Waals surface area contributed by atoms with Crippen LogP contribution in [0.4, 0.5) is 5.82 Å². The monoisotopic (exact) mass is 357 g/mol. The van der Waals surface area contributed by atoms with Crippen LogP contribution in [0.5, 0.6) is 0 Å². The molecule has 1 amide bonds. The number of aliphatic hydroxyl groups is 2. The minimum Gasteiger partial charge on any atom is -0.394 e. The third-order valence-corrected chi connectivity index (χ3v) is 3.74. The molecule has 0 radical (unpaired) electrons. The standard InChI is InChI=1S/C17H19N5O4/c1-11(7-23)26-13(8-24)22-10-20-14-15(18-9-19-16(14)22)21-17(25)12-5-3-2-4-6-12/h2-6,9-11,13,23-24H,7-8H2,1H3,(H,18,19,21,25)/t11-,13-/m1/s1. The lowest BCUT2D eigenvalue weighted by atomic mass is 10.2. The quantitative estimate of drug-likeness (QED) is 0.576. The fourth-order valence-electron chi connectivity index (χ4n) is 2.43. The molecule has 2 atom stereocenters. The van der Waals surface area contributed by atoms with Crippen molar-refractivity contribution in [2.75, 3.05) is 18.5 Å². The van der Waals surface area contributed by atoms with Crippen LogP contribution in [0.2, 0.25) is 0 Å². The molecule has 136 valence electrons. The number of fused-ring (bicyclic) bond motifs is 1. The topological polar surface area (TPSA) is 122 Å². The number of ether oxygens (including phenoxy) is 1. The molecule has 0 bridgehead atoms. The Balaban J connectivity index is 1.90. The number of amides is 1. The summed E-state index contributed by atoms with van der Waals surface area (Å²) in [6, 6.07) is 8.75. The number of carbonyl (C=O) groups excluding carboxylic acids is 1. The Morgan fingerprint density at radius 2 is 1.96 bits per heavy atom. The molecule has 0 aliphatic heterocycles. The van der Waals surface area contributed by atoms with Gasteiger partial charge in [0, 0.05) is 5.56 Å². The summed E-state index contributed by atoms with van der Waals surface area (Å²) in [6.07, 6.45) is 1.51. The largest absolute Gasteiger partial charge is 0.394 e. The van der Waals surface area contributed by atoms with E-state index >= 15 is 0 Å². The van der Waals surface area contributed by atoms with E-state index in [9.17, 15) is 9.90 Å². The van der Waals surface area contributed by atoms with E-state index in [0.717, 1.165) is 0 Å². The molecule has 26 heavy (non-hydrogen) atoms. The fraction of sp³-hybridized carbons (Fsp3) is 0.294. The predicted octanol–water partition coefficient (Wildman–Crippen LogP) is 0.967. The van der Waals surface area contributed by atoms with Gasteiger partial charge in [0.1, 0.15) is 6.33 Å². The maximum Gasteiger partial charge on any atom is 0.256 e. The van der Waals surface area contributed by atoms with Gasteiger partial charge in [0.25, 0.3) is 5.91 Å². The number of nitrogens with zero attached hydrogens (tertiary/aromatic N) is 4. The lowest BCUT2D eigenvalue weighted by Crippen LogP contribution is -2.24. The Morgan fingerprint density at radius 3 is 2.65 bits per heavy atom. The van der Waals surface area contributed by atoms with Gasteiger partial charge < -0.3 is 20.3 Å². The Kier molecular flexibility index (Phi) is 5.52. The van der Waals surface area contributed by atoms with E-state index in [1.54, 1.807) is 31.2 Å². The van der Waals surface area contributed by atoms with Crippen molar-refractivity contribution < 1.29 is 19.7 Å². The molecule has 3 rings (SSSR count). The van der Waals surface area contributed by atoms with Gasteiger partial charge in [-0.1, -0.05) is 18.2 Å². The Labute approximate surface area is 149 Å². The highest BCUT2D eigenvalue weighted by Gasteiger charge is 2.20. The summed E-state index contributed by atoms with van der Waals surface area (Å²) in [5.41, 5.74) is 1.26. The Hall–Kier alpha value is -2.88. The third-order valence-electron chi connectivity index (χ3n) is 3.74. The molecule has 9 heteroatoms. The lowest BCUT2D eigenvalue weighted by molar-refractivity contribution is -0.0871. The first kappa shape index (κ1) is 17.9. The molecular weight excluding hydrogens is 338 g/mol. The molecule has 0 unspecified atom stereocenters. The van der Waals surface area contributed by atoms with Crippen LogP contribution in [0.1, 0.15) is 23.5 Å². The van der Waals surface area contributed by atoms with Gasteiger partial charge in [0.05, 0.1) is 25.6 Å². The maximum absolute atomic E-state index is 12.3. The second-order valence-electron chi connectivity index (χ2n) is 5.63. The minimum absolute atomic E-state index is 0.184. The molecule has 2 heterocycles. The molecule has 0 fully saturated rings. The summed E-state index contributed by atoms with van der Waals surface area (Å²) in [5, 5.41) is 21.4. The van der Waals surface area contributed by atoms with Crippen molar-refractivity contribution in [1.29, 1.82) is 0 Å². The van der Waals surface area contributed by atoms with Crippen molar-refractivity contribution in [3.8, 4) is 0 Å². The molecule has 0 spiro atoms. The summed E-state index contributed by atoms with van der Waals surface area (Å²) >= 11 is 0. The fourth-order valence-corrected chi connectivity index (χ4v) is 2.43. The van der Waals surface area contributed by atoms with Gasteiger partial charge in [-0.05, 0) is 19.1 Å². The molecule has 1 aromatic carbocycles. The van der Waals surface area contributed by atoms with Crippen molar-refractivity contribution in [3.63, 3.8) is 0 Å². The molecule has 0 saturated heterocycles. The van der Waals surface area contributed by atoms with Crippen molar-refractivity contribution in [3.05, 3.63) is 48.5 Å². The van der Waals surface area contributed by atoms with E-state index in [1.807, 2.05) is 6.07 Å². The molecule has 9 nitrogen and oxygen atoms in total. The molecule has 0 saturated carbocycles. The van der Waals surface area contributed by atoms with Gasteiger partial charge in [-0.2, -0.15) is 0 Å². The molecule has 0 aliphatic carbocycles. The molecule has 3 aromatic rings. The van der Waals surface area contributed by atoms with Crippen molar-refractivity contribution in [2.45, 2.75) is 19.3 Å². The normalized spacial score (nSPS) is 13.5. The highest BCUT2D eigenvalue weighted by Crippen LogP contribution is 2.22. The number of benzene rings is 1. The van der Waals surface area contributed by atoms with Gasteiger partial charge >= 0.3 is 0 Å². The first-order valence-electron chi connectivity index (χ1n) is 8.05. The first-order valence-corrected chi connectivity index (χ1v) is 8.05. The zero-order chi connectivity index (χ0) is 18.5. The first-order chi connectivity index (χ1) is 12.6. The average Bonchev–Trinajstić information content (AvgIpc) is 3.11.